The summed E-state index contributed by atoms with van der Waals surface area (Å²) in [6.07, 6.45) is 6.91. The Labute approximate surface area is 114 Å². The maximum Gasteiger partial charge on any atom is 0.0598 e. The van der Waals surface area contributed by atoms with Crippen LogP contribution in [0, 0.1) is 5.92 Å². The second kappa shape index (κ2) is 7.15. The Balaban J connectivity index is 1.80. The quantitative estimate of drug-likeness (QED) is 0.888. The molecule has 0 aliphatic carbocycles. The lowest BCUT2D eigenvalue weighted by Crippen LogP contribution is -2.20. The Morgan fingerprint density at radius 2 is 2.17 bits per heavy atom. The average molecular weight is 265 g/mol. The number of aliphatic hydroxyl groups excluding tert-OH is 1. The molecule has 0 saturated carbocycles. The third-order valence-corrected chi connectivity index (χ3v) is 4.73. The minimum absolute atomic E-state index is 0.224. The van der Waals surface area contributed by atoms with E-state index < -0.39 is 0 Å². The second-order valence-electron chi connectivity index (χ2n) is 5.16. The van der Waals surface area contributed by atoms with Gasteiger partial charge in [0.25, 0.3) is 0 Å². The molecule has 3 heteroatoms. The highest BCUT2D eigenvalue weighted by Gasteiger charge is 2.18. The van der Waals surface area contributed by atoms with Crippen LogP contribution in [0.25, 0.3) is 0 Å². The van der Waals surface area contributed by atoms with Gasteiger partial charge in [-0.3, -0.25) is 4.98 Å². The molecule has 0 amide bonds. The molecule has 0 spiro atoms. The van der Waals surface area contributed by atoms with Gasteiger partial charge in [-0.1, -0.05) is 13.0 Å². The first-order valence-electron chi connectivity index (χ1n) is 6.97. The summed E-state index contributed by atoms with van der Waals surface area (Å²) in [6, 6.07) is 4.17. The van der Waals surface area contributed by atoms with Gasteiger partial charge in [-0.15, -0.1) is 0 Å². The van der Waals surface area contributed by atoms with Gasteiger partial charge in [0.05, 0.1) is 6.10 Å². The lowest BCUT2D eigenvalue weighted by Gasteiger charge is -2.23. The van der Waals surface area contributed by atoms with Crippen molar-refractivity contribution in [3.8, 4) is 0 Å². The Hall–Kier alpha value is -0.540. The fraction of sp³-hybridized carbons (Fsp3) is 0.667. The minimum atomic E-state index is -0.224. The highest BCUT2D eigenvalue weighted by Crippen LogP contribution is 2.26. The maximum atomic E-state index is 10.1. The van der Waals surface area contributed by atoms with Crippen molar-refractivity contribution in [3.63, 3.8) is 0 Å². The SMILES string of the molecule is CCc1ccc(CC(O)CC2CCSCC2)nc1. The van der Waals surface area contributed by atoms with E-state index in [1.54, 1.807) is 0 Å². The highest BCUT2D eigenvalue weighted by atomic mass is 32.2. The third kappa shape index (κ3) is 4.29. The third-order valence-electron chi connectivity index (χ3n) is 3.69. The number of thioether (sulfide) groups is 1. The van der Waals surface area contributed by atoms with Crippen molar-refractivity contribution in [2.24, 2.45) is 5.92 Å². The van der Waals surface area contributed by atoms with Crippen LogP contribution in [0.5, 0.6) is 0 Å². The molecule has 2 nitrogen and oxygen atoms in total. The Kier molecular flexibility index (Phi) is 5.51. The van der Waals surface area contributed by atoms with Gasteiger partial charge < -0.3 is 5.11 Å². The normalized spacial score (nSPS) is 18.8. The van der Waals surface area contributed by atoms with E-state index in [2.05, 4.69) is 24.0 Å². The molecule has 1 N–H and O–H groups in total. The van der Waals surface area contributed by atoms with Gasteiger partial charge in [-0.2, -0.15) is 11.8 Å². The number of hydrogen-bond acceptors (Lipinski definition) is 3. The summed E-state index contributed by atoms with van der Waals surface area (Å²) in [4.78, 5) is 4.42. The number of nitrogens with zero attached hydrogens (tertiary/aromatic N) is 1. The van der Waals surface area contributed by atoms with Crippen LogP contribution in [0.1, 0.15) is 37.4 Å². The molecule has 1 aliphatic heterocycles. The van der Waals surface area contributed by atoms with Crippen LogP contribution in [0.15, 0.2) is 18.3 Å². The van der Waals surface area contributed by atoms with Crippen molar-refractivity contribution >= 4 is 11.8 Å². The predicted molar refractivity (Wildman–Crippen MR) is 78.0 cm³/mol. The van der Waals surface area contributed by atoms with Crippen molar-refractivity contribution < 1.29 is 5.11 Å². The van der Waals surface area contributed by atoms with Crippen molar-refractivity contribution in [1.82, 2.24) is 4.98 Å². The van der Waals surface area contributed by atoms with Crippen LogP contribution < -0.4 is 0 Å². The fourth-order valence-corrected chi connectivity index (χ4v) is 3.68. The smallest absolute Gasteiger partial charge is 0.0598 e. The van der Waals surface area contributed by atoms with E-state index >= 15 is 0 Å². The Morgan fingerprint density at radius 3 is 2.78 bits per heavy atom. The summed E-state index contributed by atoms with van der Waals surface area (Å²) in [5.41, 5.74) is 2.28. The number of aryl methyl sites for hydroxylation is 1. The monoisotopic (exact) mass is 265 g/mol. The largest absolute Gasteiger partial charge is 0.393 e. The average Bonchev–Trinajstić information content (AvgIpc) is 2.40. The molecule has 18 heavy (non-hydrogen) atoms. The standard InChI is InChI=1S/C15H23NOS/c1-2-12-3-4-14(16-11-12)10-15(17)9-13-5-7-18-8-6-13/h3-4,11,13,15,17H,2,5-10H2,1H3. The summed E-state index contributed by atoms with van der Waals surface area (Å²) in [7, 11) is 0. The number of aliphatic hydroxyl groups is 1. The molecule has 0 radical (unpaired) electrons. The van der Waals surface area contributed by atoms with Gasteiger partial charge in [0.2, 0.25) is 0 Å². The summed E-state index contributed by atoms with van der Waals surface area (Å²) in [5, 5.41) is 10.1. The molecule has 100 valence electrons. The van der Waals surface area contributed by atoms with E-state index in [4.69, 9.17) is 0 Å². The van der Waals surface area contributed by atoms with E-state index in [0.717, 1.165) is 24.5 Å². The fourth-order valence-electron chi connectivity index (χ4n) is 2.48. The lowest BCUT2D eigenvalue weighted by atomic mass is 9.93. The van der Waals surface area contributed by atoms with Crippen molar-refractivity contribution in [3.05, 3.63) is 29.6 Å². The van der Waals surface area contributed by atoms with E-state index in [-0.39, 0.29) is 6.10 Å². The van der Waals surface area contributed by atoms with Gasteiger partial charge in [0.1, 0.15) is 0 Å². The molecule has 0 aromatic carbocycles. The van der Waals surface area contributed by atoms with Crippen LogP contribution in [0.2, 0.25) is 0 Å². The first-order valence-corrected chi connectivity index (χ1v) is 8.13. The van der Waals surface area contributed by atoms with Crippen LogP contribution in [-0.4, -0.2) is 27.7 Å². The molecular formula is C15H23NOS. The van der Waals surface area contributed by atoms with E-state index in [1.807, 2.05) is 18.0 Å². The van der Waals surface area contributed by atoms with E-state index in [9.17, 15) is 5.11 Å². The zero-order valence-electron chi connectivity index (χ0n) is 11.1. The van der Waals surface area contributed by atoms with Gasteiger partial charge in [-0.25, -0.2) is 0 Å². The van der Waals surface area contributed by atoms with Crippen LogP contribution in [0.3, 0.4) is 0 Å². The second-order valence-corrected chi connectivity index (χ2v) is 6.39. The molecule has 1 aromatic rings. The minimum Gasteiger partial charge on any atom is -0.393 e. The van der Waals surface area contributed by atoms with Gasteiger partial charge in [-0.05, 0) is 54.7 Å². The van der Waals surface area contributed by atoms with E-state index in [0.29, 0.717) is 6.42 Å². The molecule has 1 aromatic heterocycles. The summed E-state index contributed by atoms with van der Waals surface area (Å²) in [5.74, 6) is 3.25. The molecule has 1 fully saturated rings. The van der Waals surface area contributed by atoms with Crippen LogP contribution >= 0.6 is 11.8 Å². The number of pyridine rings is 1. The molecule has 2 heterocycles. The van der Waals surface area contributed by atoms with Crippen molar-refractivity contribution in [1.29, 1.82) is 0 Å². The summed E-state index contributed by atoms with van der Waals surface area (Å²) >= 11 is 2.04. The van der Waals surface area contributed by atoms with Crippen LogP contribution in [0.4, 0.5) is 0 Å². The number of hydrogen-bond donors (Lipinski definition) is 1. The molecule has 1 aliphatic rings. The van der Waals surface area contributed by atoms with Crippen molar-refractivity contribution in [2.75, 3.05) is 11.5 Å². The molecular weight excluding hydrogens is 242 g/mol. The first-order chi connectivity index (χ1) is 8.78. The van der Waals surface area contributed by atoms with Gasteiger partial charge >= 0.3 is 0 Å². The Bertz CT molecular complexity index is 346. The predicted octanol–water partition coefficient (Wildman–Crippen LogP) is 3.08. The van der Waals surface area contributed by atoms with Crippen LogP contribution in [-0.2, 0) is 12.8 Å². The van der Waals surface area contributed by atoms with Crippen molar-refractivity contribution in [2.45, 2.75) is 45.1 Å². The van der Waals surface area contributed by atoms with E-state index in [1.165, 1.54) is 29.9 Å². The number of rotatable bonds is 5. The van der Waals surface area contributed by atoms with Gasteiger partial charge in [0.15, 0.2) is 0 Å². The Morgan fingerprint density at radius 1 is 1.39 bits per heavy atom. The lowest BCUT2D eigenvalue weighted by molar-refractivity contribution is 0.138. The zero-order chi connectivity index (χ0) is 12.8. The molecule has 1 unspecified atom stereocenters. The van der Waals surface area contributed by atoms with Gasteiger partial charge in [0, 0.05) is 18.3 Å². The molecule has 2 rings (SSSR count). The summed E-state index contributed by atoms with van der Waals surface area (Å²) in [6.45, 7) is 2.13. The maximum absolute atomic E-state index is 10.1. The zero-order valence-corrected chi connectivity index (χ0v) is 12.0. The highest BCUT2D eigenvalue weighted by molar-refractivity contribution is 7.99. The molecule has 1 atom stereocenters. The summed E-state index contributed by atoms with van der Waals surface area (Å²) < 4.78 is 0. The topological polar surface area (TPSA) is 33.1 Å². The molecule has 1 saturated heterocycles. The first kappa shape index (κ1) is 13.9. The number of aromatic nitrogens is 1. The molecule has 0 bridgehead atoms.